The van der Waals surface area contributed by atoms with Gasteiger partial charge in [-0.3, -0.25) is 0 Å². The first-order valence-corrected chi connectivity index (χ1v) is 5.54. The van der Waals surface area contributed by atoms with E-state index in [1.807, 2.05) is 0 Å². The molecule has 1 atom stereocenters. The summed E-state index contributed by atoms with van der Waals surface area (Å²) < 4.78 is 10.3. The van der Waals surface area contributed by atoms with Gasteiger partial charge in [-0.2, -0.15) is 0 Å². The van der Waals surface area contributed by atoms with Crippen molar-refractivity contribution in [2.75, 3.05) is 14.2 Å². The van der Waals surface area contributed by atoms with E-state index in [9.17, 15) is 0 Å². The molecule has 0 heterocycles. The first kappa shape index (κ1) is 11.1. The molecule has 0 bridgehead atoms. The fourth-order valence-electron chi connectivity index (χ4n) is 1.10. The monoisotopic (exact) mass is 177 g/mol. The van der Waals surface area contributed by atoms with Crippen LogP contribution in [-0.4, -0.2) is 29.2 Å². The van der Waals surface area contributed by atoms with E-state index < -0.39 is 9.28 Å². The standard InChI is InChI=1S/C7H19NO2Si/c1-6(2)5-7(8)11(9-3)10-4/h6-7,11H,5,8H2,1-4H3. The molecular weight excluding hydrogens is 158 g/mol. The predicted molar refractivity (Wildman–Crippen MR) is 48.6 cm³/mol. The van der Waals surface area contributed by atoms with Crippen molar-refractivity contribution in [1.82, 2.24) is 0 Å². The van der Waals surface area contributed by atoms with Crippen molar-refractivity contribution in [2.24, 2.45) is 11.7 Å². The van der Waals surface area contributed by atoms with Gasteiger partial charge in [-0.05, 0) is 12.3 Å². The minimum absolute atomic E-state index is 0.116. The van der Waals surface area contributed by atoms with Gasteiger partial charge in [0.25, 0.3) is 0 Å². The lowest BCUT2D eigenvalue weighted by Crippen LogP contribution is -2.43. The van der Waals surface area contributed by atoms with Gasteiger partial charge in [0.15, 0.2) is 0 Å². The van der Waals surface area contributed by atoms with Crippen LogP contribution in [0.5, 0.6) is 0 Å². The summed E-state index contributed by atoms with van der Waals surface area (Å²) in [5.41, 5.74) is 5.97. The highest BCUT2D eigenvalue weighted by molar-refractivity contribution is 6.46. The lowest BCUT2D eigenvalue weighted by atomic mass is 10.1. The quantitative estimate of drug-likeness (QED) is 0.619. The molecule has 0 aromatic rings. The van der Waals surface area contributed by atoms with Crippen molar-refractivity contribution >= 4 is 9.28 Å². The van der Waals surface area contributed by atoms with E-state index in [0.717, 1.165) is 6.42 Å². The van der Waals surface area contributed by atoms with Gasteiger partial charge in [-0.1, -0.05) is 13.8 Å². The Morgan fingerprint density at radius 1 is 1.27 bits per heavy atom. The lowest BCUT2D eigenvalue weighted by Gasteiger charge is -2.19. The first-order valence-electron chi connectivity index (χ1n) is 3.93. The van der Waals surface area contributed by atoms with E-state index in [-0.39, 0.29) is 5.67 Å². The Morgan fingerprint density at radius 2 is 1.73 bits per heavy atom. The maximum atomic E-state index is 5.85. The molecule has 0 aliphatic rings. The van der Waals surface area contributed by atoms with Crippen LogP contribution in [0.25, 0.3) is 0 Å². The number of rotatable bonds is 5. The molecule has 0 spiro atoms. The maximum Gasteiger partial charge on any atom is 0.338 e. The van der Waals surface area contributed by atoms with Crippen LogP contribution in [0.15, 0.2) is 0 Å². The fraction of sp³-hybridized carbons (Fsp3) is 1.00. The summed E-state index contributed by atoms with van der Waals surface area (Å²) in [6.07, 6.45) is 0.985. The summed E-state index contributed by atoms with van der Waals surface area (Å²) in [6, 6.07) is 0. The van der Waals surface area contributed by atoms with E-state index in [2.05, 4.69) is 13.8 Å². The van der Waals surface area contributed by atoms with Crippen LogP contribution in [0.1, 0.15) is 20.3 Å². The molecule has 0 amide bonds. The fourth-order valence-corrected chi connectivity index (χ4v) is 2.76. The number of nitrogens with two attached hydrogens (primary N) is 1. The second-order valence-electron chi connectivity index (χ2n) is 3.13. The Balaban J connectivity index is 3.68. The van der Waals surface area contributed by atoms with E-state index in [0.29, 0.717) is 5.92 Å². The van der Waals surface area contributed by atoms with Crippen LogP contribution in [0.4, 0.5) is 0 Å². The lowest BCUT2D eigenvalue weighted by molar-refractivity contribution is 0.261. The molecule has 1 unspecified atom stereocenters. The van der Waals surface area contributed by atoms with Crippen LogP contribution in [0, 0.1) is 5.92 Å². The van der Waals surface area contributed by atoms with Crippen LogP contribution >= 0.6 is 0 Å². The van der Waals surface area contributed by atoms with E-state index in [1.165, 1.54) is 0 Å². The Bertz CT molecular complexity index is 96.4. The van der Waals surface area contributed by atoms with Crippen molar-refractivity contribution in [3.05, 3.63) is 0 Å². The van der Waals surface area contributed by atoms with Gasteiger partial charge in [-0.15, -0.1) is 0 Å². The first-order chi connectivity index (χ1) is 5.11. The van der Waals surface area contributed by atoms with Gasteiger partial charge in [-0.25, -0.2) is 0 Å². The Kier molecular flexibility index (Phi) is 5.76. The zero-order valence-corrected chi connectivity index (χ0v) is 8.99. The van der Waals surface area contributed by atoms with E-state index in [4.69, 9.17) is 14.6 Å². The Labute approximate surface area is 70.7 Å². The highest BCUT2D eigenvalue weighted by atomic mass is 28.3. The third-order valence-electron chi connectivity index (χ3n) is 1.56. The zero-order chi connectivity index (χ0) is 8.85. The summed E-state index contributed by atoms with van der Waals surface area (Å²) in [5.74, 6) is 0.616. The minimum atomic E-state index is -1.56. The highest BCUT2D eigenvalue weighted by Gasteiger charge is 2.20. The molecule has 2 N–H and O–H groups in total. The van der Waals surface area contributed by atoms with Crippen molar-refractivity contribution in [1.29, 1.82) is 0 Å². The third kappa shape index (κ3) is 4.52. The molecule has 0 aromatic carbocycles. The molecular formula is C7H19NO2Si. The van der Waals surface area contributed by atoms with Gasteiger partial charge in [0.2, 0.25) is 0 Å². The van der Waals surface area contributed by atoms with Crippen LogP contribution < -0.4 is 5.73 Å². The van der Waals surface area contributed by atoms with Gasteiger partial charge >= 0.3 is 9.28 Å². The predicted octanol–water partition coefficient (Wildman–Crippen LogP) is 0.412. The minimum Gasteiger partial charge on any atom is -0.399 e. The van der Waals surface area contributed by atoms with Crippen molar-refractivity contribution in [3.8, 4) is 0 Å². The summed E-state index contributed by atoms with van der Waals surface area (Å²) in [5, 5.41) is 0. The van der Waals surface area contributed by atoms with Gasteiger partial charge in [0.1, 0.15) is 0 Å². The molecule has 0 saturated carbocycles. The third-order valence-corrected chi connectivity index (χ3v) is 3.46. The zero-order valence-electron chi connectivity index (χ0n) is 7.83. The largest absolute Gasteiger partial charge is 0.399 e. The molecule has 0 saturated heterocycles. The molecule has 11 heavy (non-hydrogen) atoms. The molecule has 0 fully saturated rings. The molecule has 0 aliphatic heterocycles. The molecule has 68 valence electrons. The number of hydrogen-bond donors (Lipinski definition) is 1. The van der Waals surface area contributed by atoms with Gasteiger partial charge in [0.05, 0.1) is 0 Å². The summed E-state index contributed by atoms with van der Waals surface area (Å²) >= 11 is 0. The average molecular weight is 177 g/mol. The smallest absolute Gasteiger partial charge is 0.338 e. The highest BCUT2D eigenvalue weighted by Crippen LogP contribution is 2.05. The Morgan fingerprint density at radius 3 is 2.00 bits per heavy atom. The molecule has 4 heteroatoms. The van der Waals surface area contributed by atoms with Crippen LogP contribution in [0.3, 0.4) is 0 Å². The average Bonchev–Trinajstić information content (AvgIpc) is 1.88. The topological polar surface area (TPSA) is 44.5 Å². The SMILES string of the molecule is CO[SiH](OC)C(N)CC(C)C. The van der Waals surface area contributed by atoms with Crippen LogP contribution in [0.2, 0.25) is 0 Å². The number of hydrogen-bond acceptors (Lipinski definition) is 3. The van der Waals surface area contributed by atoms with Crippen molar-refractivity contribution < 1.29 is 8.85 Å². The summed E-state index contributed by atoms with van der Waals surface area (Å²) in [6.45, 7) is 4.30. The van der Waals surface area contributed by atoms with Gasteiger partial charge in [0, 0.05) is 19.9 Å². The Hall–Kier alpha value is 0.0969. The molecule has 0 rings (SSSR count). The van der Waals surface area contributed by atoms with E-state index in [1.54, 1.807) is 14.2 Å². The maximum absolute atomic E-state index is 5.85. The second kappa shape index (κ2) is 5.71. The normalized spacial score (nSPS) is 14.5. The van der Waals surface area contributed by atoms with Gasteiger partial charge < -0.3 is 14.6 Å². The second-order valence-corrected chi connectivity index (χ2v) is 5.67. The molecule has 0 aliphatic carbocycles. The molecule has 0 radical (unpaired) electrons. The van der Waals surface area contributed by atoms with Crippen LogP contribution in [-0.2, 0) is 8.85 Å². The van der Waals surface area contributed by atoms with Crippen molar-refractivity contribution in [3.63, 3.8) is 0 Å². The van der Waals surface area contributed by atoms with E-state index >= 15 is 0 Å². The molecule has 0 aromatic heterocycles. The summed E-state index contributed by atoms with van der Waals surface area (Å²) in [7, 11) is 1.77. The molecule has 3 nitrogen and oxygen atoms in total. The van der Waals surface area contributed by atoms with Crippen molar-refractivity contribution in [2.45, 2.75) is 25.9 Å². The summed E-state index contributed by atoms with van der Waals surface area (Å²) in [4.78, 5) is 0.